The van der Waals surface area contributed by atoms with Crippen LogP contribution in [0.2, 0.25) is 0 Å². The molecule has 22 heavy (non-hydrogen) atoms. The quantitative estimate of drug-likeness (QED) is 0.783. The first-order chi connectivity index (χ1) is 10.6. The van der Waals surface area contributed by atoms with Crippen molar-refractivity contribution in [2.75, 3.05) is 21.3 Å². The first kappa shape index (κ1) is 15.9. The zero-order chi connectivity index (χ0) is 16.2. The molecule has 4 nitrogen and oxygen atoms in total. The molecule has 0 amide bonds. The summed E-state index contributed by atoms with van der Waals surface area (Å²) in [5.74, 6) is 2.65. The zero-order valence-corrected chi connectivity index (χ0v) is 12.8. The van der Waals surface area contributed by atoms with Gasteiger partial charge < -0.3 is 14.2 Å². The predicted octanol–water partition coefficient (Wildman–Crippen LogP) is 2.43. The van der Waals surface area contributed by atoms with Gasteiger partial charge in [0.25, 0.3) is 0 Å². The molecule has 0 saturated carbocycles. The lowest BCUT2D eigenvalue weighted by Crippen LogP contribution is -2.45. The van der Waals surface area contributed by atoms with E-state index in [1.807, 2.05) is 30.3 Å². The van der Waals surface area contributed by atoms with Crippen molar-refractivity contribution in [3.8, 4) is 12.3 Å². The van der Waals surface area contributed by atoms with E-state index in [2.05, 4.69) is 5.92 Å². The summed E-state index contributed by atoms with van der Waals surface area (Å²) in [5.41, 5.74) is -0.305. The Balaban J connectivity index is 2.67. The van der Waals surface area contributed by atoms with Gasteiger partial charge in [0.1, 0.15) is 11.5 Å². The molecule has 2 rings (SSSR count). The summed E-state index contributed by atoms with van der Waals surface area (Å²) in [7, 11) is 4.47. The molecule has 0 aliphatic heterocycles. The van der Waals surface area contributed by atoms with Crippen molar-refractivity contribution in [1.29, 1.82) is 0 Å². The SMILES string of the molecule is C#C[C@@H](c1ccccc1)C1(OC)C(OC)=CC(=O)C=C1OC. The Hall–Kier alpha value is -2.51. The van der Waals surface area contributed by atoms with Crippen molar-refractivity contribution in [2.45, 2.75) is 11.5 Å². The summed E-state index contributed by atoms with van der Waals surface area (Å²) in [6.07, 6.45) is 8.53. The van der Waals surface area contributed by atoms with Gasteiger partial charge in [-0.1, -0.05) is 36.3 Å². The van der Waals surface area contributed by atoms with Crippen molar-refractivity contribution in [2.24, 2.45) is 0 Å². The van der Waals surface area contributed by atoms with Crippen LogP contribution in [-0.4, -0.2) is 32.7 Å². The highest BCUT2D eigenvalue weighted by atomic mass is 16.6. The van der Waals surface area contributed by atoms with E-state index in [1.54, 1.807) is 0 Å². The predicted molar refractivity (Wildman–Crippen MR) is 82.9 cm³/mol. The molecule has 0 heterocycles. The smallest absolute Gasteiger partial charge is 0.199 e. The van der Waals surface area contributed by atoms with Crippen LogP contribution in [0.1, 0.15) is 11.5 Å². The fraction of sp³-hybridized carbons (Fsp3) is 0.278. The average molecular weight is 298 g/mol. The lowest BCUT2D eigenvalue weighted by Gasteiger charge is -2.40. The molecule has 1 aromatic carbocycles. The standard InChI is InChI=1S/C18H18O4/c1-5-15(13-9-7-6-8-10-13)18(22-4)16(20-2)11-14(19)12-17(18)21-3/h1,6-12,15H,2-4H3/t15-/m0/s1. The Bertz CT molecular complexity index is 625. The summed E-state index contributed by atoms with van der Waals surface area (Å²) in [5, 5.41) is 0. The number of ketones is 1. The molecule has 1 aliphatic rings. The zero-order valence-electron chi connectivity index (χ0n) is 12.8. The monoisotopic (exact) mass is 298 g/mol. The number of hydrogen-bond donors (Lipinski definition) is 0. The number of allylic oxidation sites excluding steroid dienone is 2. The second kappa shape index (κ2) is 6.50. The number of ether oxygens (including phenoxy) is 3. The van der Waals surface area contributed by atoms with Gasteiger partial charge in [-0.15, -0.1) is 6.42 Å². The third kappa shape index (κ3) is 2.40. The molecule has 1 aromatic rings. The first-order valence-corrected chi connectivity index (χ1v) is 6.76. The van der Waals surface area contributed by atoms with Gasteiger partial charge in [0.2, 0.25) is 0 Å². The average Bonchev–Trinajstić information content (AvgIpc) is 2.56. The van der Waals surface area contributed by atoms with Gasteiger partial charge >= 0.3 is 0 Å². The van der Waals surface area contributed by atoms with Crippen molar-refractivity contribution in [1.82, 2.24) is 0 Å². The third-order valence-corrected chi connectivity index (χ3v) is 3.75. The summed E-state index contributed by atoms with van der Waals surface area (Å²) in [6.45, 7) is 0. The van der Waals surface area contributed by atoms with Crippen LogP contribution in [-0.2, 0) is 19.0 Å². The van der Waals surface area contributed by atoms with E-state index in [0.717, 1.165) is 5.56 Å². The van der Waals surface area contributed by atoms with E-state index in [-0.39, 0.29) is 5.78 Å². The Morgan fingerprint density at radius 1 is 1.05 bits per heavy atom. The summed E-state index contributed by atoms with van der Waals surface area (Å²) >= 11 is 0. The lowest BCUT2D eigenvalue weighted by molar-refractivity contribution is -0.112. The van der Waals surface area contributed by atoms with Crippen LogP contribution in [0.3, 0.4) is 0 Å². The number of benzene rings is 1. The molecule has 0 N–H and O–H groups in total. The van der Waals surface area contributed by atoms with E-state index in [1.165, 1.54) is 33.5 Å². The van der Waals surface area contributed by atoms with Crippen LogP contribution in [0.5, 0.6) is 0 Å². The number of methoxy groups -OCH3 is 3. The van der Waals surface area contributed by atoms with Gasteiger partial charge in [-0.05, 0) is 5.56 Å². The Morgan fingerprint density at radius 3 is 2.00 bits per heavy atom. The summed E-state index contributed by atoms with van der Waals surface area (Å²) in [4.78, 5) is 11.8. The lowest BCUT2D eigenvalue weighted by atomic mass is 9.76. The minimum atomic E-state index is -1.17. The van der Waals surface area contributed by atoms with Gasteiger partial charge in [-0.25, -0.2) is 0 Å². The maximum atomic E-state index is 11.8. The van der Waals surface area contributed by atoms with Crippen LogP contribution in [0.4, 0.5) is 0 Å². The van der Waals surface area contributed by atoms with Crippen LogP contribution in [0.25, 0.3) is 0 Å². The Labute approximate surface area is 130 Å². The van der Waals surface area contributed by atoms with Crippen LogP contribution < -0.4 is 0 Å². The van der Waals surface area contributed by atoms with E-state index in [0.29, 0.717) is 11.5 Å². The molecule has 114 valence electrons. The molecule has 4 heteroatoms. The Morgan fingerprint density at radius 2 is 1.59 bits per heavy atom. The molecule has 0 radical (unpaired) electrons. The maximum absolute atomic E-state index is 11.8. The highest BCUT2D eigenvalue weighted by Gasteiger charge is 2.51. The van der Waals surface area contributed by atoms with E-state index in [9.17, 15) is 4.79 Å². The molecular formula is C18H18O4. The minimum absolute atomic E-state index is 0.231. The van der Waals surface area contributed by atoms with Gasteiger partial charge in [-0.3, -0.25) is 4.79 Å². The van der Waals surface area contributed by atoms with Crippen LogP contribution in [0, 0.1) is 12.3 Å². The van der Waals surface area contributed by atoms with Crippen molar-refractivity contribution in [3.05, 3.63) is 59.6 Å². The molecule has 0 fully saturated rings. The van der Waals surface area contributed by atoms with E-state index < -0.39 is 11.5 Å². The second-order valence-electron chi connectivity index (χ2n) is 4.78. The molecule has 1 atom stereocenters. The van der Waals surface area contributed by atoms with Crippen LogP contribution in [0.15, 0.2) is 54.0 Å². The summed E-state index contributed by atoms with van der Waals surface area (Å²) < 4.78 is 16.6. The van der Waals surface area contributed by atoms with E-state index >= 15 is 0 Å². The normalized spacial score (nSPS) is 17.8. The molecule has 1 aliphatic carbocycles. The molecule has 0 spiro atoms. The van der Waals surface area contributed by atoms with Crippen molar-refractivity contribution < 1.29 is 19.0 Å². The van der Waals surface area contributed by atoms with Gasteiger partial charge in [-0.2, -0.15) is 0 Å². The van der Waals surface area contributed by atoms with Crippen molar-refractivity contribution in [3.63, 3.8) is 0 Å². The number of rotatable bonds is 5. The van der Waals surface area contributed by atoms with E-state index in [4.69, 9.17) is 20.6 Å². The number of carbonyl (C=O) groups excluding carboxylic acids is 1. The first-order valence-electron chi connectivity index (χ1n) is 6.76. The number of carbonyl (C=O) groups is 1. The van der Waals surface area contributed by atoms with Gasteiger partial charge in [0.15, 0.2) is 11.4 Å². The fourth-order valence-corrected chi connectivity index (χ4v) is 2.75. The Kier molecular flexibility index (Phi) is 4.69. The van der Waals surface area contributed by atoms with Crippen molar-refractivity contribution >= 4 is 5.78 Å². The highest BCUT2D eigenvalue weighted by Crippen LogP contribution is 2.44. The maximum Gasteiger partial charge on any atom is 0.199 e. The molecule has 0 bridgehead atoms. The molecule has 0 aromatic heterocycles. The van der Waals surface area contributed by atoms with Gasteiger partial charge in [0, 0.05) is 19.3 Å². The largest absolute Gasteiger partial charge is 0.497 e. The topological polar surface area (TPSA) is 44.8 Å². The second-order valence-corrected chi connectivity index (χ2v) is 4.78. The van der Waals surface area contributed by atoms with Crippen LogP contribution >= 0.6 is 0 Å². The van der Waals surface area contributed by atoms with Gasteiger partial charge in [0.05, 0.1) is 20.1 Å². The fourth-order valence-electron chi connectivity index (χ4n) is 2.75. The molecule has 0 unspecified atom stereocenters. The number of hydrogen-bond acceptors (Lipinski definition) is 4. The molecular weight excluding hydrogens is 280 g/mol. The summed E-state index contributed by atoms with van der Waals surface area (Å²) in [6, 6.07) is 9.50. The molecule has 0 saturated heterocycles. The minimum Gasteiger partial charge on any atom is -0.497 e. The third-order valence-electron chi connectivity index (χ3n) is 3.75. The highest BCUT2D eigenvalue weighted by molar-refractivity contribution is 6.01. The number of terminal acetylenes is 1.